The van der Waals surface area contributed by atoms with Gasteiger partial charge < -0.3 is 15.2 Å². The molecule has 1 unspecified atom stereocenters. The number of nitrogens with zero attached hydrogens (tertiary/aromatic N) is 4. The van der Waals surface area contributed by atoms with Crippen LogP contribution >= 0.6 is 0 Å². The number of aryl methyl sites for hydroxylation is 1. The van der Waals surface area contributed by atoms with Gasteiger partial charge in [0.05, 0.1) is 6.20 Å². The maximum atomic E-state index is 13.6. The van der Waals surface area contributed by atoms with E-state index in [1.165, 1.54) is 11.6 Å². The first-order valence-electron chi connectivity index (χ1n) is 11.8. The number of piperidine rings is 1. The summed E-state index contributed by atoms with van der Waals surface area (Å²) in [6, 6.07) is 12.2. The minimum absolute atomic E-state index is 0.287. The van der Waals surface area contributed by atoms with Gasteiger partial charge in [-0.1, -0.05) is 37.3 Å². The highest BCUT2D eigenvalue weighted by Gasteiger charge is 2.21. The first-order valence-corrected chi connectivity index (χ1v) is 11.8. The molecule has 2 N–H and O–H groups in total. The molecule has 34 heavy (non-hydrogen) atoms. The van der Waals surface area contributed by atoms with Crippen molar-refractivity contribution in [2.24, 2.45) is 5.92 Å². The van der Waals surface area contributed by atoms with Crippen LogP contribution in [-0.2, 0) is 19.5 Å². The normalized spacial score (nSPS) is 16.1. The van der Waals surface area contributed by atoms with Crippen LogP contribution in [0, 0.1) is 17.6 Å². The highest BCUT2D eigenvalue weighted by molar-refractivity contribution is 5.78. The van der Waals surface area contributed by atoms with E-state index < -0.39 is 11.6 Å². The van der Waals surface area contributed by atoms with Gasteiger partial charge in [-0.15, -0.1) is 0 Å². The molecule has 0 bridgehead atoms. The van der Waals surface area contributed by atoms with Crippen LogP contribution in [0.15, 0.2) is 48.7 Å². The zero-order valence-corrected chi connectivity index (χ0v) is 19.2. The Kier molecular flexibility index (Phi) is 6.49. The fourth-order valence-electron chi connectivity index (χ4n) is 4.60. The second-order valence-corrected chi connectivity index (χ2v) is 8.77. The first kappa shape index (κ1) is 22.4. The number of benzene rings is 2. The van der Waals surface area contributed by atoms with Gasteiger partial charge in [0.1, 0.15) is 11.3 Å². The van der Waals surface area contributed by atoms with Crippen LogP contribution in [-0.4, -0.2) is 32.6 Å². The number of anilines is 1. The molecule has 4 aromatic rings. The van der Waals surface area contributed by atoms with Crippen molar-refractivity contribution in [3.63, 3.8) is 0 Å². The van der Waals surface area contributed by atoms with Gasteiger partial charge in [0, 0.05) is 18.7 Å². The second kappa shape index (κ2) is 9.85. The summed E-state index contributed by atoms with van der Waals surface area (Å²) in [6.45, 7) is 5.29. The molecule has 8 heteroatoms. The second-order valence-electron chi connectivity index (χ2n) is 8.77. The number of halogens is 2. The van der Waals surface area contributed by atoms with Crippen LogP contribution in [0.1, 0.15) is 30.9 Å². The Labute approximate surface area is 197 Å². The van der Waals surface area contributed by atoms with E-state index in [4.69, 9.17) is 9.97 Å². The zero-order chi connectivity index (χ0) is 23.5. The van der Waals surface area contributed by atoms with E-state index in [9.17, 15) is 8.78 Å². The molecule has 1 aliphatic rings. The molecule has 1 saturated heterocycles. The van der Waals surface area contributed by atoms with Crippen molar-refractivity contribution in [3.8, 4) is 11.4 Å². The quantitative estimate of drug-likeness (QED) is 0.407. The average Bonchev–Trinajstić information content (AvgIpc) is 3.22. The summed E-state index contributed by atoms with van der Waals surface area (Å²) in [5.74, 6) is 0.101. The largest absolute Gasteiger partial charge is 0.350 e. The predicted octanol–water partition coefficient (Wildman–Crippen LogP) is 4.95. The Balaban J connectivity index is 1.51. The Morgan fingerprint density at radius 1 is 1.12 bits per heavy atom. The number of nitrogens with one attached hydrogen (secondary N) is 2. The SMILES string of the molecule is CCc1ccccc1-c1nc2cnc(NCc3ccc(F)c(F)c3)nc2n1CC1CCCNC1. The lowest BCUT2D eigenvalue weighted by Gasteiger charge is -2.24. The van der Waals surface area contributed by atoms with Crippen molar-refractivity contribution in [2.75, 3.05) is 18.4 Å². The molecule has 0 amide bonds. The van der Waals surface area contributed by atoms with Crippen molar-refractivity contribution in [1.82, 2.24) is 24.8 Å². The van der Waals surface area contributed by atoms with Crippen molar-refractivity contribution < 1.29 is 8.78 Å². The van der Waals surface area contributed by atoms with Gasteiger partial charge >= 0.3 is 0 Å². The minimum Gasteiger partial charge on any atom is -0.350 e. The van der Waals surface area contributed by atoms with E-state index >= 15 is 0 Å². The Bertz CT molecular complexity index is 1300. The predicted molar refractivity (Wildman–Crippen MR) is 129 cm³/mol. The van der Waals surface area contributed by atoms with Crippen LogP contribution in [0.4, 0.5) is 14.7 Å². The lowest BCUT2D eigenvalue weighted by atomic mass is 9.99. The lowest BCUT2D eigenvalue weighted by molar-refractivity contribution is 0.341. The van der Waals surface area contributed by atoms with E-state index in [2.05, 4.69) is 45.3 Å². The van der Waals surface area contributed by atoms with E-state index in [-0.39, 0.29) is 6.54 Å². The molecule has 176 valence electrons. The van der Waals surface area contributed by atoms with Gasteiger partial charge in [0.15, 0.2) is 17.3 Å². The van der Waals surface area contributed by atoms with Gasteiger partial charge in [-0.3, -0.25) is 0 Å². The summed E-state index contributed by atoms with van der Waals surface area (Å²) in [5, 5.41) is 6.64. The highest BCUT2D eigenvalue weighted by atomic mass is 19.2. The fourth-order valence-corrected chi connectivity index (χ4v) is 4.60. The van der Waals surface area contributed by atoms with Crippen molar-refractivity contribution in [2.45, 2.75) is 39.3 Å². The number of fused-ring (bicyclic) bond motifs is 1. The Morgan fingerprint density at radius 2 is 2.00 bits per heavy atom. The van der Waals surface area contributed by atoms with Crippen LogP contribution < -0.4 is 10.6 Å². The molecular formula is C26H28F2N6. The summed E-state index contributed by atoms with van der Waals surface area (Å²) in [5.41, 5.74) is 4.48. The number of hydrogen-bond donors (Lipinski definition) is 2. The third-order valence-electron chi connectivity index (χ3n) is 6.40. The summed E-state index contributed by atoms with van der Waals surface area (Å²) in [7, 11) is 0. The van der Waals surface area contributed by atoms with Crippen LogP contribution in [0.2, 0.25) is 0 Å². The van der Waals surface area contributed by atoms with E-state index in [0.29, 0.717) is 17.4 Å². The molecule has 1 aliphatic heterocycles. The standard InChI is InChI=1S/C26H28F2N6/c1-2-19-7-3-4-8-20(19)24-32-23-15-31-26(30-14-17-9-10-21(27)22(28)12-17)33-25(23)34(24)16-18-6-5-11-29-13-18/h3-4,7-10,12,15,18,29H,2,5-6,11,13-14,16H2,1H3,(H,30,31,33). The molecule has 1 fully saturated rings. The topological polar surface area (TPSA) is 67.7 Å². The number of hydrogen-bond acceptors (Lipinski definition) is 5. The maximum absolute atomic E-state index is 13.6. The van der Waals surface area contributed by atoms with Gasteiger partial charge in [0.25, 0.3) is 0 Å². The summed E-state index contributed by atoms with van der Waals surface area (Å²) >= 11 is 0. The molecule has 1 atom stereocenters. The molecule has 5 rings (SSSR count). The van der Waals surface area contributed by atoms with E-state index in [0.717, 1.165) is 67.5 Å². The number of rotatable bonds is 7. The highest BCUT2D eigenvalue weighted by Crippen LogP contribution is 2.29. The van der Waals surface area contributed by atoms with Crippen LogP contribution in [0.3, 0.4) is 0 Å². The van der Waals surface area contributed by atoms with E-state index in [1.54, 1.807) is 12.3 Å². The van der Waals surface area contributed by atoms with Crippen molar-refractivity contribution in [1.29, 1.82) is 0 Å². The van der Waals surface area contributed by atoms with Gasteiger partial charge in [0.2, 0.25) is 5.95 Å². The third kappa shape index (κ3) is 4.63. The molecule has 3 heterocycles. The number of imidazole rings is 1. The summed E-state index contributed by atoms with van der Waals surface area (Å²) in [6.07, 6.45) is 4.96. The molecule has 0 spiro atoms. The number of aromatic nitrogens is 4. The fraction of sp³-hybridized carbons (Fsp3) is 0.346. The molecule has 2 aromatic heterocycles. The van der Waals surface area contributed by atoms with Crippen LogP contribution in [0.25, 0.3) is 22.6 Å². The smallest absolute Gasteiger partial charge is 0.225 e. The molecule has 6 nitrogen and oxygen atoms in total. The molecule has 0 radical (unpaired) electrons. The monoisotopic (exact) mass is 462 g/mol. The molecule has 0 saturated carbocycles. The van der Waals surface area contributed by atoms with Gasteiger partial charge in [-0.25, -0.2) is 18.7 Å². The Hall–Kier alpha value is -3.39. The minimum atomic E-state index is -0.867. The summed E-state index contributed by atoms with van der Waals surface area (Å²) in [4.78, 5) is 14.1. The molecular weight excluding hydrogens is 434 g/mol. The van der Waals surface area contributed by atoms with Crippen LogP contribution in [0.5, 0.6) is 0 Å². The van der Waals surface area contributed by atoms with Gasteiger partial charge in [-0.2, -0.15) is 4.98 Å². The van der Waals surface area contributed by atoms with Crippen molar-refractivity contribution in [3.05, 3.63) is 71.4 Å². The molecule has 2 aromatic carbocycles. The first-order chi connectivity index (χ1) is 16.6. The lowest BCUT2D eigenvalue weighted by Crippen LogP contribution is -2.32. The van der Waals surface area contributed by atoms with Crippen molar-refractivity contribution >= 4 is 17.1 Å². The molecule has 0 aliphatic carbocycles. The Morgan fingerprint density at radius 3 is 2.79 bits per heavy atom. The summed E-state index contributed by atoms with van der Waals surface area (Å²) < 4.78 is 29.0. The van der Waals surface area contributed by atoms with E-state index in [1.807, 2.05) is 6.07 Å². The average molecular weight is 463 g/mol. The maximum Gasteiger partial charge on any atom is 0.225 e. The van der Waals surface area contributed by atoms with Gasteiger partial charge in [-0.05, 0) is 61.5 Å². The zero-order valence-electron chi connectivity index (χ0n) is 19.2. The third-order valence-corrected chi connectivity index (χ3v) is 6.40.